The van der Waals surface area contributed by atoms with E-state index >= 15 is 0 Å². The highest BCUT2D eigenvalue weighted by Gasteiger charge is 2.45. The quantitative estimate of drug-likeness (QED) is 0.763. The zero-order valence-corrected chi connectivity index (χ0v) is 15.6. The van der Waals surface area contributed by atoms with E-state index in [9.17, 15) is 18.0 Å². The largest absolute Gasteiger partial charge is 0.433 e. The van der Waals surface area contributed by atoms with E-state index in [1.807, 2.05) is 0 Å². The summed E-state index contributed by atoms with van der Waals surface area (Å²) in [5.41, 5.74) is -0.141. The van der Waals surface area contributed by atoms with Crippen LogP contribution in [-0.4, -0.2) is 28.1 Å². The van der Waals surface area contributed by atoms with Gasteiger partial charge < -0.3 is 10.1 Å². The Kier molecular flexibility index (Phi) is 4.81. The van der Waals surface area contributed by atoms with Gasteiger partial charge in [0.05, 0.1) is 27.8 Å². The molecule has 1 fully saturated rings. The molecule has 1 amide bonds. The van der Waals surface area contributed by atoms with Gasteiger partial charge in [-0.15, -0.1) is 0 Å². The number of carbonyl (C=O) groups is 1. The first kappa shape index (κ1) is 19.2. The van der Waals surface area contributed by atoms with Gasteiger partial charge in [0, 0.05) is 17.5 Å². The number of anilines is 1. The Morgan fingerprint density at radius 2 is 1.89 bits per heavy atom. The molecule has 1 aromatic carbocycles. The Bertz CT molecular complexity index is 994. The van der Waals surface area contributed by atoms with E-state index in [0.717, 1.165) is 12.3 Å². The first-order valence-corrected chi connectivity index (χ1v) is 9.06. The molecule has 1 saturated heterocycles. The number of alkyl halides is 3. The summed E-state index contributed by atoms with van der Waals surface area (Å²) in [7, 11) is 0. The van der Waals surface area contributed by atoms with Crippen molar-refractivity contribution in [3.8, 4) is 0 Å². The topological polar surface area (TPSA) is 64.1 Å². The van der Waals surface area contributed by atoms with Gasteiger partial charge in [0.1, 0.15) is 5.69 Å². The molecule has 2 atom stereocenters. The van der Waals surface area contributed by atoms with Crippen LogP contribution < -0.4 is 5.32 Å². The maximum Gasteiger partial charge on any atom is 0.433 e. The lowest BCUT2D eigenvalue weighted by Gasteiger charge is -2.16. The third kappa shape index (κ3) is 3.47. The number of aromatic nitrogens is 2. The van der Waals surface area contributed by atoms with Gasteiger partial charge in [-0.1, -0.05) is 23.2 Å². The minimum Gasteiger partial charge on any atom is -0.365 e. The molecule has 2 unspecified atom stereocenters. The Morgan fingerprint density at radius 1 is 1.14 bits per heavy atom. The summed E-state index contributed by atoms with van der Waals surface area (Å²) in [6.07, 6.45) is -3.43. The van der Waals surface area contributed by atoms with Crippen LogP contribution in [0.4, 0.5) is 18.9 Å². The van der Waals surface area contributed by atoms with Crippen LogP contribution in [0.1, 0.15) is 24.4 Å². The first-order valence-electron chi connectivity index (χ1n) is 8.30. The van der Waals surface area contributed by atoms with Crippen LogP contribution in [0.3, 0.4) is 0 Å². The first-order chi connectivity index (χ1) is 13.2. The summed E-state index contributed by atoms with van der Waals surface area (Å²) in [4.78, 5) is 20.4. The fourth-order valence-corrected chi connectivity index (χ4v) is 3.66. The molecule has 4 rings (SSSR count). The Balaban J connectivity index is 1.71. The average Bonchev–Trinajstić information content (AvgIpc) is 3.25. The van der Waals surface area contributed by atoms with Crippen LogP contribution in [0.25, 0.3) is 5.57 Å². The van der Waals surface area contributed by atoms with Crippen LogP contribution in [-0.2, 0) is 15.7 Å². The molecular formula is C18H12Cl2F3N3O2. The third-order valence-electron chi connectivity index (χ3n) is 4.56. The predicted molar refractivity (Wildman–Crippen MR) is 96.9 cm³/mol. The SMILES string of the molecule is O=C(Nc1ccc(Cl)c(Cl)c1)C1=C(c2nccc(C(F)(F)F)n2)C2CCC1O2. The van der Waals surface area contributed by atoms with E-state index in [0.29, 0.717) is 29.1 Å². The van der Waals surface area contributed by atoms with Gasteiger partial charge in [-0.25, -0.2) is 9.97 Å². The van der Waals surface area contributed by atoms with Crippen molar-refractivity contribution in [1.82, 2.24) is 9.97 Å². The van der Waals surface area contributed by atoms with Crippen LogP contribution in [0.5, 0.6) is 0 Å². The number of fused-ring (bicyclic) bond motifs is 2. The standard InChI is InChI=1S/C18H12Cl2F3N3O2/c19-9-2-1-8(7-10(9)20)25-17(27)15-12-4-3-11(28-12)14(15)16-24-6-5-13(26-16)18(21,22)23/h1-2,5-7,11-12H,3-4H2,(H,25,27). The number of amides is 1. The van der Waals surface area contributed by atoms with Crippen LogP contribution in [0, 0.1) is 0 Å². The molecule has 2 aromatic rings. The highest BCUT2D eigenvalue weighted by molar-refractivity contribution is 6.42. The second kappa shape index (κ2) is 7.02. The van der Waals surface area contributed by atoms with Crippen molar-refractivity contribution >= 4 is 40.4 Å². The van der Waals surface area contributed by atoms with Crippen LogP contribution in [0.2, 0.25) is 10.0 Å². The van der Waals surface area contributed by atoms with Gasteiger partial charge in [-0.2, -0.15) is 13.2 Å². The number of benzene rings is 1. The maximum absolute atomic E-state index is 13.0. The maximum atomic E-state index is 13.0. The predicted octanol–water partition coefficient (Wildman–Crippen LogP) is 4.76. The zero-order chi connectivity index (χ0) is 20.1. The smallest absolute Gasteiger partial charge is 0.365 e. The third-order valence-corrected chi connectivity index (χ3v) is 5.30. The van der Waals surface area contributed by atoms with Crippen molar-refractivity contribution in [1.29, 1.82) is 0 Å². The van der Waals surface area contributed by atoms with Gasteiger partial charge in [-0.05, 0) is 37.1 Å². The molecule has 28 heavy (non-hydrogen) atoms. The van der Waals surface area contributed by atoms with E-state index in [4.69, 9.17) is 27.9 Å². The van der Waals surface area contributed by atoms with Crippen molar-refractivity contribution in [3.63, 3.8) is 0 Å². The highest BCUT2D eigenvalue weighted by Crippen LogP contribution is 2.44. The Morgan fingerprint density at radius 3 is 2.61 bits per heavy atom. The molecule has 0 spiro atoms. The molecule has 0 radical (unpaired) electrons. The number of ether oxygens (including phenoxy) is 1. The normalized spacial score (nSPS) is 21.3. The average molecular weight is 430 g/mol. The zero-order valence-electron chi connectivity index (χ0n) is 14.1. The molecule has 5 nitrogen and oxygen atoms in total. The van der Waals surface area contributed by atoms with Crippen molar-refractivity contribution in [2.24, 2.45) is 0 Å². The lowest BCUT2D eigenvalue weighted by molar-refractivity contribution is -0.141. The molecule has 2 bridgehead atoms. The van der Waals surface area contributed by atoms with Crippen molar-refractivity contribution in [3.05, 3.63) is 57.6 Å². The lowest BCUT2D eigenvalue weighted by atomic mass is 9.90. The summed E-state index contributed by atoms with van der Waals surface area (Å²) in [6.45, 7) is 0. The summed E-state index contributed by atoms with van der Waals surface area (Å²) in [5.74, 6) is -0.650. The minimum absolute atomic E-state index is 0.152. The number of hydrogen-bond acceptors (Lipinski definition) is 4. The van der Waals surface area contributed by atoms with E-state index in [2.05, 4.69) is 15.3 Å². The fraction of sp³-hybridized carbons (Fsp3) is 0.278. The van der Waals surface area contributed by atoms with Crippen molar-refractivity contribution in [2.45, 2.75) is 31.2 Å². The second-order valence-electron chi connectivity index (χ2n) is 6.36. The second-order valence-corrected chi connectivity index (χ2v) is 7.18. The van der Waals surface area contributed by atoms with Crippen molar-refractivity contribution in [2.75, 3.05) is 5.32 Å². The molecule has 1 N–H and O–H groups in total. The van der Waals surface area contributed by atoms with Gasteiger partial charge in [0.25, 0.3) is 5.91 Å². The molecule has 3 heterocycles. The van der Waals surface area contributed by atoms with Crippen LogP contribution >= 0.6 is 23.2 Å². The Hall–Kier alpha value is -2.16. The van der Waals surface area contributed by atoms with Gasteiger partial charge in [0.15, 0.2) is 5.82 Å². The molecule has 2 aliphatic rings. The monoisotopic (exact) mass is 429 g/mol. The molecule has 0 aliphatic carbocycles. The summed E-state index contributed by atoms with van der Waals surface area (Å²) < 4.78 is 44.8. The summed E-state index contributed by atoms with van der Waals surface area (Å²) >= 11 is 11.8. The summed E-state index contributed by atoms with van der Waals surface area (Å²) in [5, 5.41) is 3.28. The van der Waals surface area contributed by atoms with Gasteiger partial charge in [-0.3, -0.25) is 4.79 Å². The molecule has 1 aromatic heterocycles. The number of carbonyl (C=O) groups excluding carboxylic acids is 1. The number of hydrogen-bond donors (Lipinski definition) is 1. The summed E-state index contributed by atoms with van der Waals surface area (Å²) in [6, 6.07) is 5.37. The Labute approximate surface area is 167 Å². The number of nitrogens with one attached hydrogen (secondary N) is 1. The molecule has 10 heteroatoms. The van der Waals surface area contributed by atoms with Gasteiger partial charge in [0.2, 0.25) is 0 Å². The molecule has 146 valence electrons. The van der Waals surface area contributed by atoms with E-state index in [1.165, 1.54) is 12.1 Å². The van der Waals surface area contributed by atoms with E-state index in [-0.39, 0.29) is 16.4 Å². The van der Waals surface area contributed by atoms with E-state index < -0.39 is 30.0 Å². The van der Waals surface area contributed by atoms with Crippen molar-refractivity contribution < 1.29 is 22.7 Å². The van der Waals surface area contributed by atoms with Gasteiger partial charge >= 0.3 is 6.18 Å². The lowest BCUT2D eigenvalue weighted by Crippen LogP contribution is -2.24. The molecule has 2 aliphatic heterocycles. The van der Waals surface area contributed by atoms with E-state index in [1.54, 1.807) is 6.07 Å². The molecular weight excluding hydrogens is 418 g/mol. The number of rotatable bonds is 3. The number of halogens is 5. The van der Waals surface area contributed by atoms with Crippen LogP contribution in [0.15, 0.2) is 36.0 Å². The number of nitrogens with zero attached hydrogens (tertiary/aromatic N) is 2. The highest BCUT2D eigenvalue weighted by atomic mass is 35.5. The molecule has 0 saturated carbocycles. The minimum atomic E-state index is -4.61. The fourth-order valence-electron chi connectivity index (χ4n) is 3.36.